The van der Waals surface area contributed by atoms with Crippen molar-refractivity contribution in [1.82, 2.24) is 10.6 Å². The number of aliphatic imine (C=N–C) groups is 1. The summed E-state index contributed by atoms with van der Waals surface area (Å²) in [6.07, 6.45) is 4.41. The molecule has 0 spiro atoms. The lowest BCUT2D eigenvalue weighted by atomic mass is 10.2. The van der Waals surface area contributed by atoms with E-state index in [1.54, 1.807) is 7.05 Å². The minimum Gasteiger partial charge on any atom is -0.494 e. The first kappa shape index (κ1) is 22.1. The summed E-state index contributed by atoms with van der Waals surface area (Å²) in [4.78, 5) is 6.68. The van der Waals surface area contributed by atoms with Crippen LogP contribution in [0.25, 0.3) is 0 Å². The lowest BCUT2D eigenvalue weighted by Gasteiger charge is -2.19. The van der Waals surface area contributed by atoms with Crippen molar-refractivity contribution in [2.45, 2.75) is 20.0 Å². The van der Waals surface area contributed by atoms with Crippen LogP contribution in [-0.2, 0) is 13.1 Å². The van der Waals surface area contributed by atoms with E-state index in [0.29, 0.717) is 13.2 Å². The number of rotatable bonds is 7. The third-order valence-corrected chi connectivity index (χ3v) is 4.50. The highest BCUT2D eigenvalue weighted by Gasteiger charge is 2.08. The van der Waals surface area contributed by atoms with Crippen LogP contribution < -0.4 is 20.3 Å². The quantitative estimate of drug-likeness (QED) is 0.266. The fourth-order valence-corrected chi connectivity index (χ4v) is 3.08. The minimum absolute atomic E-state index is 0. The van der Waals surface area contributed by atoms with Crippen molar-refractivity contribution >= 4 is 35.6 Å². The van der Waals surface area contributed by atoms with Crippen molar-refractivity contribution in [3.05, 3.63) is 71.8 Å². The monoisotopic (exact) mass is 492 g/mol. The molecule has 2 N–H and O–H groups in total. The molecule has 0 aromatic heterocycles. The molecule has 1 aliphatic rings. The number of para-hydroxylation sites is 1. The largest absolute Gasteiger partial charge is 0.494 e. The number of hydrogen-bond donors (Lipinski definition) is 2. The molecule has 0 fully saturated rings. The number of ether oxygens (including phenoxy) is 1. The van der Waals surface area contributed by atoms with Gasteiger partial charge in [0.05, 0.1) is 6.61 Å². The van der Waals surface area contributed by atoms with E-state index in [2.05, 4.69) is 63.0 Å². The van der Waals surface area contributed by atoms with E-state index in [-0.39, 0.29) is 24.0 Å². The molecule has 5 nitrogen and oxygen atoms in total. The summed E-state index contributed by atoms with van der Waals surface area (Å²) in [5.74, 6) is 1.68. The lowest BCUT2D eigenvalue weighted by Crippen LogP contribution is -2.36. The van der Waals surface area contributed by atoms with Crippen LogP contribution in [0.2, 0.25) is 0 Å². The van der Waals surface area contributed by atoms with Gasteiger partial charge in [0, 0.05) is 44.5 Å². The third-order valence-electron chi connectivity index (χ3n) is 4.50. The summed E-state index contributed by atoms with van der Waals surface area (Å²) in [7, 11) is 1.79. The smallest absolute Gasteiger partial charge is 0.191 e. The van der Waals surface area contributed by atoms with Crippen LogP contribution in [0, 0.1) is 0 Å². The van der Waals surface area contributed by atoms with E-state index in [1.165, 1.54) is 11.3 Å². The Balaban J connectivity index is 0.00000280. The molecule has 0 saturated carbocycles. The van der Waals surface area contributed by atoms with Crippen molar-refractivity contribution in [3.63, 3.8) is 0 Å². The summed E-state index contributed by atoms with van der Waals surface area (Å²) < 4.78 is 5.68. The zero-order valence-corrected chi connectivity index (χ0v) is 18.9. The standard InChI is InChI=1S/C22H28N4O.HI/c1-3-27-21-12-5-4-10-19(21)17-25-22(23-2)24-16-18-9-8-11-20(15-18)26-13-6-7-14-26;/h4-12,15H,3,13-14,16-17H2,1-2H3,(H2,23,24,25);1H. The second kappa shape index (κ2) is 11.6. The Labute approximate surface area is 184 Å². The molecule has 0 radical (unpaired) electrons. The number of anilines is 1. The van der Waals surface area contributed by atoms with E-state index in [0.717, 1.165) is 36.9 Å². The lowest BCUT2D eigenvalue weighted by molar-refractivity contribution is 0.336. The summed E-state index contributed by atoms with van der Waals surface area (Å²) in [5, 5.41) is 6.75. The van der Waals surface area contributed by atoms with Crippen molar-refractivity contribution in [2.75, 3.05) is 31.6 Å². The number of nitrogens with one attached hydrogen (secondary N) is 2. The van der Waals surface area contributed by atoms with Crippen LogP contribution >= 0.6 is 24.0 Å². The molecule has 0 atom stereocenters. The molecule has 150 valence electrons. The van der Waals surface area contributed by atoms with Crippen molar-refractivity contribution in [3.8, 4) is 5.75 Å². The van der Waals surface area contributed by atoms with Gasteiger partial charge in [-0.15, -0.1) is 24.0 Å². The maximum atomic E-state index is 5.68. The van der Waals surface area contributed by atoms with E-state index >= 15 is 0 Å². The normalized spacial score (nSPS) is 13.2. The molecule has 28 heavy (non-hydrogen) atoms. The van der Waals surface area contributed by atoms with Crippen molar-refractivity contribution in [2.24, 2.45) is 4.99 Å². The molecule has 0 unspecified atom stereocenters. The molecule has 2 aromatic carbocycles. The molecule has 2 aromatic rings. The average molecular weight is 492 g/mol. The number of nitrogens with zero attached hydrogens (tertiary/aromatic N) is 2. The topological polar surface area (TPSA) is 48.9 Å². The van der Waals surface area contributed by atoms with Crippen LogP contribution in [0.1, 0.15) is 18.1 Å². The van der Waals surface area contributed by atoms with Gasteiger partial charge in [0.15, 0.2) is 5.96 Å². The Bertz CT molecular complexity index is 799. The third kappa shape index (κ3) is 6.15. The van der Waals surface area contributed by atoms with Crippen molar-refractivity contribution < 1.29 is 4.74 Å². The molecule has 0 saturated heterocycles. The molecule has 0 amide bonds. The van der Waals surface area contributed by atoms with E-state index in [1.807, 2.05) is 25.1 Å². The minimum atomic E-state index is 0. The van der Waals surface area contributed by atoms with Crippen LogP contribution in [-0.4, -0.2) is 32.7 Å². The maximum Gasteiger partial charge on any atom is 0.191 e. The zero-order valence-electron chi connectivity index (χ0n) is 16.5. The predicted molar refractivity (Wildman–Crippen MR) is 128 cm³/mol. The number of halogens is 1. The van der Waals surface area contributed by atoms with Crippen LogP contribution in [0.15, 0.2) is 65.7 Å². The molecule has 3 rings (SSSR count). The van der Waals surface area contributed by atoms with E-state index < -0.39 is 0 Å². The van der Waals surface area contributed by atoms with Gasteiger partial charge < -0.3 is 20.3 Å². The fourth-order valence-electron chi connectivity index (χ4n) is 3.08. The summed E-state index contributed by atoms with van der Waals surface area (Å²) in [6.45, 7) is 6.01. The van der Waals surface area contributed by atoms with Gasteiger partial charge in [0.1, 0.15) is 5.75 Å². The van der Waals surface area contributed by atoms with Gasteiger partial charge in [-0.1, -0.05) is 42.5 Å². The van der Waals surface area contributed by atoms with E-state index in [4.69, 9.17) is 4.74 Å². The number of benzene rings is 2. The highest BCUT2D eigenvalue weighted by Crippen LogP contribution is 2.19. The maximum absolute atomic E-state index is 5.68. The SMILES string of the molecule is CCOc1ccccc1CNC(=NC)NCc1cccc(N2CC=CC2)c1.I. The Morgan fingerprint density at radius 1 is 1.04 bits per heavy atom. The zero-order chi connectivity index (χ0) is 18.9. The highest BCUT2D eigenvalue weighted by atomic mass is 127. The molecular weight excluding hydrogens is 463 g/mol. The average Bonchev–Trinajstić information content (AvgIpc) is 3.25. The van der Waals surface area contributed by atoms with Gasteiger partial charge in [-0.3, -0.25) is 4.99 Å². The first-order chi connectivity index (χ1) is 13.3. The Hall–Kier alpha value is -2.22. The molecule has 0 bridgehead atoms. The second-order valence-corrected chi connectivity index (χ2v) is 6.37. The summed E-state index contributed by atoms with van der Waals surface area (Å²) in [6, 6.07) is 16.7. The number of guanidine groups is 1. The van der Waals surface area contributed by atoms with Gasteiger partial charge in [-0.05, 0) is 30.7 Å². The number of hydrogen-bond acceptors (Lipinski definition) is 3. The van der Waals surface area contributed by atoms with Gasteiger partial charge in [0.25, 0.3) is 0 Å². The Morgan fingerprint density at radius 2 is 1.79 bits per heavy atom. The molecule has 0 aliphatic carbocycles. The van der Waals surface area contributed by atoms with Gasteiger partial charge in [0.2, 0.25) is 0 Å². The van der Waals surface area contributed by atoms with Crippen LogP contribution in [0.4, 0.5) is 5.69 Å². The highest BCUT2D eigenvalue weighted by molar-refractivity contribution is 14.0. The van der Waals surface area contributed by atoms with Crippen molar-refractivity contribution in [1.29, 1.82) is 0 Å². The Kier molecular flexibility index (Phi) is 9.13. The first-order valence-electron chi connectivity index (χ1n) is 9.44. The predicted octanol–water partition coefficient (Wildman–Crippen LogP) is 3.94. The first-order valence-corrected chi connectivity index (χ1v) is 9.44. The van der Waals surface area contributed by atoms with Gasteiger partial charge in [-0.25, -0.2) is 0 Å². The van der Waals surface area contributed by atoms with Gasteiger partial charge in [-0.2, -0.15) is 0 Å². The van der Waals surface area contributed by atoms with Gasteiger partial charge >= 0.3 is 0 Å². The van der Waals surface area contributed by atoms with Crippen LogP contribution in [0.5, 0.6) is 5.75 Å². The fraction of sp³-hybridized carbons (Fsp3) is 0.318. The molecule has 1 aliphatic heterocycles. The molecule has 6 heteroatoms. The van der Waals surface area contributed by atoms with E-state index in [9.17, 15) is 0 Å². The summed E-state index contributed by atoms with van der Waals surface area (Å²) >= 11 is 0. The summed E-state index contributed by atoms with van der Waals surface area (Å²) in [5.41, 5.74) is 3.61. The molecular formula is C22H29IN4O. The second-order valence-electron chi connectivity index (χ2n) is 6.37. The van der Waals surface area contributed by atoms with Crippen LogP contribution in [0.3, 0.4) is 0 Å². The Morgan fingerprint density at radius 3 is 2.54 bits per heavy atom. The molecule has 1 heterocycles.